The summed E-state index contributed by atoms with van der Waals surface area (Å²) in [6.07, 6.45) is -0.0493. The topological polar surface area (TPSA) is 81.9 Å². The van der Waals surface area contributed by atoms with E-state index >= 15 is 0 Å². The van der Waals surface area contributed by atoms with E-state index in [4.69, 9.17) is 14.0 Å². The van der Waals surface area contributed by atoms with Crippen LogP contribution in [0.5, 0.6) is 0 Å². The summed E-state index contributed by atoms with van der Waals surface area (Å²) < 4.78 is 16.2. The molecule has 0 bridgehead atoms. The summed E-state index contributed by atoms with van der Waals surface area (Å²) in [6.45, 7) is 7.95. The monoisotopic (exact) mass is 358 g/mol. The van der Waals surface area contributed by atoms with Crippen molar-refractivity contribution in [2.75, 3.05) is 11.4 Å². The van der Waals surface area contributed by atoms with Crippen molar-refractivity contribution in [3.63, 3.8) is 0 Å². The standard InChI is InChI=1S/C19H22N2O5/c1-5-19(24-16(22)11-17(23)25-19)21(6-2)15-9-7-8-14(10-15)18-12(3)20-26-13(18)4/h7-10H,5-6,11H2,1-4H3. The first-order valence-electron chi connectivity index (χ1n) is 8.64. The SMILES string of the molecule is CCN(c1cccc(-c2c(C)noc2C)c1)C1(CC)OC(=O)CC(=O)O1. The lowest BCUT2D eigenvalue weighted by Crippen LogP contribution is -2.57. The number of hydrogen-bond donors (Lipinski definition) is 0. The molecule has 0 saturated carbocycles. The molecule has 138 valence electrons. The molecule has 0 unspecified atom stereocenters. The Morgan fingerprint density at radius 3 is 2.38 bits per heavy atom. The number of nitrogens with zero attached hydrogens (tertiary/aromatic N) is 2. The third-order valence-corrected chi connectivity index (χ3v) is 4.49. The van der Waals surface area contributed by atoms with Crippen molar-refractivity contribution in [1.82, 2.24) is 5.16 Å². The molecule has 0 spiro atoms. The van der Waals surface area contributed by atoms with Gasteiger partial charge in [0.2, 0.25) is 0 Å². The minimum absolute atomic E-state index is 0.313. The first-order valence-corrected chi connectivity index (χ1v) is 8.64. The van der Waals surface area contributed by atoms with Gasteiger partial charge in [-0.05, 0) is 38.5 Å². The van der Waals surface area contributed by atoms with Crippen LogP contribution in [-0.4, -0.2) is 29.6 Å². The zero-order valence-corrected chi connectivity index (χ0v) is 15.4. The van der Waals surface area contributed by atoms with Gasteiger partial charge in [0, 0.05) is 24.2 Å². The van der Waals surface area contributed by atoms with E-state index in [0.717, 1.165) is 28.3 Å². The number of cyclic esters (lactones) is 2. The summed E-state index contributed by atoms with van der Waals surface area (Å²) in [5.41, 5.74) is 3.42. The van der Waals surface area contributed by atoms with Gasteiger partial charge in [-0.15, -0.1) is 0 Å². The summed E-state index contributed by atoms with van der Waals surface area (Å²) in [7, 11) is 0. The molecule has 0 atom stereocenters. The molecule has 1 aliphatic rings. The molecule has 1 aromatic carbocycles. The van der Waals surface area contributed by atoms with E-state index in [1.165, 1.54) is 0 Å². The number of benzene rings is 1. The van der Waals surface area contributed by atoms with Gasteiger partial charge >= 0.3 is 17.8 Å². The van der Waals surface area contributed by atoms with Crippen molar-refractivity contribution < 1.29 is 23.6 Å². The predicted molar refractivity (Wildman–Crippen MR) is 94.3 cm³/mol. The Kier molecular flexibility index (Phi) is 4.71. The Bertz CT molecular complexity index is 807. The van der Waals surface area contributed by atoms with Crippen LogP contribution in [0, 0.1) is 13.8 Å². The fourth-order valence-corrected chi connectivity index (χ4v) is 3.36. The number of rotatable bonds is 5. The minimum Gasteiger partial charge on any atom is -0.403 e. The Labute approximate surface area is 151 Å². The highest BCUT2D eigenvalue weighted by molar-refractivity contribution is 5.93. The van der Waals surface area contributed by atoms with Crippen LogP contribution in [0.4, 0.5) is 5.69 Å². The molecule has 2 aromatic rings. The second-order valence-corrected chi connectivity index (χ2v) is 6.18. The van der Waals surface area contributed by atoms with Gasteiger partial charge in [0.05, 0.1) is 5.69 Å². The second kappa shape index (κ2) is 6.82. The number of carbonyl (C=O) groups is 2. The number of esters is 2. The highest BCUT2D eigenvalue weighted by atomic mass is 16.8. The van der Waals surface area contributed by atoms with Crippen LogP contribution >= 0.6 is 0 Å². The number of ether oxygens (including phenoxy) is 2. The largest absolute Gasteiger partial charge is 0.403 e. The normalized spacial score (nSPS) is 16.2. The molecule has 0 radical (unpaired) electrons. The maximum absolute atomic E-state index is 11.9. The molecule has 1 aromatic heterocycles. The Hall–Kier alpha value is -2.83. The van der Waals surface area contributed by atoms with Crippen LogP contribution in [0.15, 0.2) is 28.8 Å². The molecule has 0 N–H and O–H groups in total. The first-order chi connectivity index (χ1) is 12.4. The van der Waals surface area contributed by atoms with Crippen molar-refractivity contribution in [3.8, 4) is 11.1 Å². The van der Waals surface area contributed by atoms with Gasteiger partial charge in [-0.25, -0.2) is 0 Å². The van der Waals surface area contributed by atoms with Crippen molar-refractivity contribution in [2.45, 2.75) is 46.4 Å². The van der Waals surface area contributed by atoms with E-state index < -0.39 is 17.8 Å². The number of hydrogen-bond acceptors (Lipinski definition) is 7. The molecule has 1 saturated heterocycles. The first kappa shape index (κ1) is 18.0. The second-order valence-electron chi connectivity index (χ2n) is 6.18. The molecular weight excluding hydrogens is 336 g/mol. The molecule has 2 heterocycles. The molecule has 7 heteroatoms. The van der Waals surface area contributed by atoms with Crippen LogP contribution < -0.4 is 4.90 Å². The van der Waals surface area contributed by atoms with Gasteiger partial charge in [0.1, 0.15) is 12.2 Å². The highest BCUT2D eigenvalue weighted by Gasteiger charge is 2.47. The summed E-state index contributed by atoms with van der Waals surface area (Å²) in [6, 6.07) is 7.69. The fraction of sp³-hybridized carbons (Fsp3) is 0.421. The molecule has 1 fully saturated rings. The average molecular weight is 358 g/mol. The lowest BCUT2D eigenvalue weighted by atomic mass is 10.0. The van der Waals surface area contributed by atoms with E-state index in [1.807, 2.05) is 52.0 Å². The van der Waals surface area contributed by atoms with Gasteiger partial charge in [-0.1, -0.05) is 24.2 Å². The van der Waals surface area contributed by atoms with Gasteiger partial charge < -0.3 is 18.9 Å². The lowest BCUT2D eigenvalue weighted by molar-refractivity contribution is -0.244. The Morgan fingerprint density at radius 1 is 1.15 bits per heavy atom. The van der Waals surface area contributed by atoms with Crippen LogP contribution in [-0.2, 0) is 19.1 Å². The zero-order chi connectivity index (χ0) is 18.9. The minimum atomic E-state index is -1.43. The van der Waals surface area contributed by atoms with Crippen LogP contribution in [0.1, 0.15) is 38.1 Å². The van der Waals surface area contributed by atoms with E-state index in [-0.39, 0.29) is 6.42 Å². The molecular formula is C19H22N2O5. The van der Waals surface area contributed by atoms with Crippen molar-refractivity contribution in [3.05, 3.63) is 35.7 Å². The van der Waals surface area contributed by atoms with Gasteiger partial charge in [-0.3, -0.25) is 9.59 Å². The number of anilines is 1. The van der Waals surface area contributed by atoms with Gasteiger partial charge in [0.15, 0.2) is 0 Å². The molecule has 0 amide bonds. The van der Waals surface area contributed by atoms with E-state index in [9.17, 15) is 9.59 Å². The molecule has 7 nitrogen and oxygen atoms in total. The maximum atomic E-state index is 11.9. The highest BCUT2D eigenvalue weighted by Crippen LogP contribution is 2.36. The average Bonchev–Trinajstić information content (AvgIpc) is 2.93. The maximum Gasteiger partial charge on any atom is 0.342 e. The molecule has 26 heavy (non-hydrogen) atoms. The van der Waals surface area contributed by atoms with Gasteiger partial charge in [-0.2, -0.15) is 0 Å². The Balaban J connectivity index is 2.04. The molecule has 1 aliphatic heterocycles. The molecule has 0 aliphatic carbocycles. The number of aromatic nitrogens is 1. The summed E-state index contributed by atoms with van der Waals surface area (Å²) >= 11 is 0. The van der Waals surface area contributed by atoms with Crippen LogP contribution in [0.3, 0.4) is 0 Å². The summed E-state index contributed by atoms with van der Waals surface area (Å²) in [5, 5.41) is 4.00. The van der Waals surface area contributed by atoms with E-state index in [1.54, 1.807) is 4.90 Å². The van der Waals surface area contributed by atoms with E-state index in [2.05, 4.69) is 5.16 Å². The van der Waals surface area contributed by atoms with Crippen molar-refractivity contribution in [1.29, 1.82) is 0 Å². The van der Waals surface area contributed by atoms with Crippen molar-refractivity contribution in [2.24, 2.45) is 0 Å². The number of aryl methyl sites for hydroxylation is 2. The van der Waals surface area contributed by atoms with Crippen LogP contribution in [0.25, 0.3) is 11.1 Å². The van der Waals surface area contributed by atoms with Crippen LogP contribution in [0.2, 0.25) is 0 Å². The summed E-state index contributed by atoms with van der Waals surface area (Å²) in [5.74, 6) is -1.87. The van der Waals surface area contributed by atoms with Crippen molar-refractivity contribution >= 4 is 17.6 Å². The number of carbonyl (C=O) groups excluding carboxylic acids is 2. The quantitative estimate of drug-likeness (QED) is 0.599. The zero-order valence-electron chi connectivity index (χ0n) is 15.4. The summed E-state index contributed by atoms with van der Waals surface area (Å²) in [4.78, 5) is 25.5. The smallest absolute Gasteiger partial charge is 0.342 e. The molecule has 3 rings (SSSR count). The predicted octanol–water partition coefficient (Wildman–Crippen LogP) is 3.34. The fourth-order valence-electron chi connectivity index (χ4n) is 3.36. The third-order valence-electron chi connectivity index (χ3n) is 4.49. The lowest BCUT2D eigenvalue weighted by Gasteiger charge is -2.43. The third kappa shape index (κ3) is 3.05. The van der Waals surface area contributed by atoms with Gasteiger partial charge in [0.25, 0.3) is 0 Å². The van der Waals surface area contributed by atoms with E-state index in [0.29, 0.717) is 13.0 Å². The Morgan fingerprint density at radius 2 is 1.85 bits per heavy atom.